The predicted molar refractivity (Wildman–Crippen MR) is 117 cm³/mol. The molecule has 0 saturated heterocycles. The number of anilines is 3. The van der Waals surface area contributed by atoms with Gasteiger partial charge in [-0.15, -0.1) is 0 Å². The number of nitrogens with zero attached hydrogens (tertiary/aromatic N) is 1. The number of urea groups is 1. The van der Waals surface area contributed by atoms with Crippen molar-refractivity contribution in [2.24, 2.45) is 0 Å². The third-order valence-corrected chi connectivity index (χ3v) is 5.06. The van der Waals surface area contributed by atoms with E-state index in [4.69, 9.17) is 0 Å². The lowest BCUT2D eigenvalue weighted by atomic mass is 10.1. The molecule has 5 heteroatoms. The van der Waals surface area contributed by atoms with Gasteiger partial charge < -0.3 is 15.5 Å². The Balaban J connectivity index is 1.50. The molecule has 1 aliphatic heterocycles. The van der Waals surface area contributed by atoms with Gasteiger partial charge >= 0.3 is 6.03 Å². The summed E-state index contributed by atoms with van der Waals surface area (Å²) in [6, 6.07) is 20.6. The number of fused-ring (bicyclic) bond motifs is 1. The van der Waals surface area contributed by atoms with Gasteiger partial charge in [0.05, 0.1) is 0 Å². The van der Waals surface area contributed by atoms with Crippen LogP contribution in [0.25, 0.3) is 0 Å². The number of rotatable bonds is 3. The van der Waals surface area contributed by atoms with Gasteiger partial charge in [0.25, 0.3) is 5.91 Å². The van der Waals surface area contributed by atoms with E-state index in [0.717, 1.165) is 34.5 Å². The van der Waals surface area contributed by atoms with E-state index in [1.807, 2.05) is 80.6 Å². The van der Waals surface area contributed by atoms with Crippen LogP contribution >= 0.6 is 0 Å². The van der Waals surface area contributed by atoms with Crippen molar-refractivity contribution in [3.8, 4) is 0 Å². The second-order valence-corrected chi connectivity index (χ2v) is 7.36. The van der Waals surface area contributed by atoms with E-state index in [1.54, 1.807) is 4.90 Å². The summed E-state index contributed by atoms with van der Waals surface area (Å²) in [5.74, 6) is -0.0230. The second-order valence-electron chi connectivity index (χ2n) is 7.36. The minimum atomic E-state index is -0.315. The SMILES string of the molecule is Cc1ccc(C(=O)N2CCc3ccc(NC(=O)Nc4cccc(C)c4)cc32)cc1. The molecule has 3 aromatic carbocycles. The smallest absolute Gasteiger partial charge is 0.308 e. The first kappa shape index (κ1) is 18.7. The Labute approximate surface area is 170 Å². The monoisotopic (exact) mass is 385 g/mol. The van der Waals surface area contributed by atoms with Crippen molar-refractivity contribution in [2.45, 2.75) is 20.3 Å². The molecule has 5 nitrogen and oxygen atoms in total. The van der Waals surface area contributed by atoms with Crippen LogP contribution in [0.1, 0.15) is 27.0 Å². The number of amides is 3. The fourth-order valence-corrected chi connectivity index (χ4v) is 3.54. The first-order valence-corrected chi connectivity index (χ1v) is 9.66. The van der Waals surface area contributed by atoms with Crippen molar-refractivity contribution >= 4 is 29.0 Å². The molecule has 1 aliphatic rings. The predicted octanol–water partition coefficient (Wildman–Crippen LogP) is 5.15. The van der Waals surface area contributed by atoms with Crippen LogP contribution in [0.3, 0.4) is 0 Å². The van der Waals surface area contributed by atoms with Crippen molar-refractivity contribution in [1.29, 1.82) is 0 Å². The average Bonchev–Trinajstić information content (AvgIpc) is 3.11. The van der Waals surface area contributed by atoms with Crippen LogP contribution in [0.2, 0.25) is 0 Å². The van der Waals surface area contributed by atoms with Gasteiger partial charge in [0.1, 0.15) is 0 Å². The molecule has 0 saturated carbocycles. The molecule has 4 rings (SSSR count). The summed E-state index contributed by atoms with van der Waals surface area (Å²) in [6.07, 6.45) is 0.808. The zero-order valence-corrected chi connectivity index (χ0v) is 16.5. The minimum absolute atomic E-state index is 0.0230. The van der Waals surface area contributed by atoms with Crippen LogP contribution in [0.5, 0.6) is 0 Å². The van der Waals surface area contributed by atoms with Crippen molar-refractivity contribution in [3.63, 3.8) is 0 Å². The molecule has 2 N–H and O–H groups in total. The van der Waals surface area contributed by atoms with E-state index in [9.17, 15) is 9.59 Å². The molecule has 0 atom stereocenters. The lowest BCUT2D eigenvalue weighted by molar-refractivity contribution is 0.0989. The zero-order valence-electron chi connectivity index (χ0n) is 16.5. The topological polar surface area (TPSA) is 61.4 Å². The molecule has 0 unspecified atom stereocenters. The molecule has 0 fully saturated rings. The van der Waals surface area contributed by atoms with E-state index >= 15 is 0 Å². The summed E-state index contributed by atoms with van der Waals surface area (Å²) in [5, 5.41) is 5.69. The summed E-state index contributed by atoms with van der Waals surface area (Å²) in [6.45, 7) is 4.61. The zero-order chi connectivity index (χ0) is 20.4. The molecule has 0 spiro atoms. The van der Waals surface area contributed by atoms with Crippen molar-refractivity contribution in [1.82, 2.24) is 0 Å². The summed E-state index contributed by atoms with van der Waals surface area (Å²) in [7, 11) is 0. The second kappa shape index (κ2) is 7.80. The third-order valence-electron chi connectivity index (χ3n) is 5.06. The number of hydrogen-bond donors (Lipinski definition) is 2. The molecule has 29 heavy (non-hydrogen) atoms. The van der Waals surface area contributed by atoms with Crippen molar-refractivity contribution in [2.75, 3.05) is 22.1 Å². The number of hydrogen-bond acceptors (Lipinski definition) is 2. The Hall–Kier alpha value is -3.60. The standard InChI is InChI=1S/C24H23N3O2/c1-16-6-8-19(9-7-16)23(28)27-13-12-18-10-11-21(15-22(18)27)26-24(29)25-20-5-3-4-17(2)14-20/h3-11,14-15H,12-13H2,1-2H3,(H2,25,26,29). The van der Waals surface area contributed by atoms with Gasteiger partial charge in [-0.2, -0.15) is 0 Å². The fraction of sp³-hybridized carbons (Fsp3) is 0.167. The van der Waals surface area contributed by atoms with E-state index in [2.05, 4.69) is 10.6 Å². The van der Waals surface area contributed by atoms with E-state index in [-0.39, 0.29) is 11.9 Å². The van der Waals surface area contributed by atoms with Crippen molar-refractivity contribution in [3.05, 3.63) is 89.0 Å². The number of aryl methyl sites for hydroxylation is 2. The van der Waals surface area contributed by atoms with Crippen LogP contribution in [-0.2, 0) is 6.42 Å². The molecule has 146 valence electrons. The Kier molecular flexibility index (Phi) is 5.04. The molecule has 1 heterocycles. The summed E-state index contributed by atoms with van der Waals surface area (Å²) in [5.41, 5.74) is 6.20. The summed E-state index contributed by atoms with van der Waals surface area (Å²) < 4.78 is 0. The first-order chi connectivity index (χ1) is 14.0. The van der Waals surface area contributed by atoms with Gasteiger partial charge in [-0.25, -0.2) is 4.79 Å². The van der Waals surface area contributed by atoms with Crippen LogP contribution in [-0.4, -0.2) is 18.5 Å². The average molecular weight is 385 g/mol. The van der Waals surface area contributed by atoms with Gasteiger partial charge in [-0.05, 0) is 67.8 Å². The number of carbonyl (C=O) groups is 2. The lowest BCUT2D eigenvalue weighted by Crippen LogP contribution is -2.29. The quantitative estimate of drug-likeness (QED) is 0.655. The maximum Gasteiger partial charge on any atom is 0.323 e. The molecular formula is C24H23N3O2. The highest BCUT2D eigenvalue weighted by atomic mass is 16.2. The third kappa shape index (κ3) is 4.14. The van der Waals surface area contributed by atoms with Crippen LogP contribution in [0.15, 0.2) is 66.7 Å². The molecular weight excluding hydrogens is 362 g/mol. The van der Waals surface area contributed by atoms with E-state index < -0.39 is 0 Å². The Bertz CT molecular complexity index is 1070. The largest absolute Gasteiger partial charge is 0.323 e. The van der Waals surface area contributed by atoms with Gasteiger partial charge in [0.15, 0.2) is 0 Å². The van der Waals surface area contributed by atoms with Crippen molar-refractivity contribution < 1.29 is 9.59 Å². The maximum absolute atomic E-state index is 13.0. The Morgan fingerprint density at radius 2 is 1.55 bits per heavy atom. The molecule has 3 amide bonds. The molecule has 0 bridgehead atoms. The highest BCUT2D eigenvalue weighted by molar-refractivity contribution is 6.08. The fourth-order valence-electron chi connectivity index (χ4n) is 3.54. The normalized spacial score (nSPS) is 12.4. The highest BCUT2D eigenvalue weighted by Gasteiger charge is 2.26. The lowest BCUT2D eigenvalue weighted by Gasteiger charge is -2.18. The molecule has 0 aliphatic carbocycles. The van der Waals surface area contributed by atoms with E-state index in [1.165, 1.54) is 0 Å². The molecule has 0 aromatic heterocycles. The number of nitrogens with one attached hydrogen (secondary N) is 2. The first-order valence-electron chi connectivity index (χ1n) is 9.66. The molecule has 3 aromatic rings. The highest BCUT2D eigenvalue weighted by Crippen LogP contribution is 2.32. The maximum atomic E-state index is 13.0. The molecule has 0 radical (unpaired) electrons. The van der Waals surface area contributed by atoms with E-state index in [0.29, 0.717) is 17.8 Å². The van der Waals surface area contributed by atoms with Crippen LogP contribution < -0.4 is 15.5 Å². The van der Waals surface area contributed by atoms with Crippen LogP contribution in [0, 0.1) is 13.8 Å². The number of benzene rings is 3. The van der Waals surface area contributed by atoms with Gasteiger partial charge in [0, 0.05) is 29.2 Å². The Morgan fingerprint density at radius 3 is 2.28 bits per heavy atom. The van der Waals surface area contributed by atoms with Gasteiger partial charge in [-0.1, -0.05) is 35.9 Å². The summed E-state index contributed by atoms with van der Waals surface area (Å²) >= 11 is 0. The Morgan fingerprint density at radius 1 is 0.828 bits per heavy atom. The van der Waals surface area contributed by atoms with Gasteiger partial charge in [-0.3, -0.25) is 4.79 Å². The number of carbonyl (C=O) groups excluding carboxylic acids is 2. The minimum Gasteiger partial charge on any atom is -0.308 e. The summed E-state index contributed by atoms with van der Waals surface area (Å²) in [4.78, 5) is 27.1. The van der Waals surface area contributed by atoms with Gasteiger partial charge in [0.2, 0.25) is 0 Å². The van der Waals surface area contributed by atoms with Crippen LogP contribution in [0.4, 0.5) is 21.9 Å².